The molecule has 0 aliphatic carbocycles. The van der Waals surface area contributed by atoms with Crippen LogP contribution in [0, 0.1) is 19.7 Å². The average Bonchev–Trinajstić information content (AvgIpc) is 3.45. The van der Waals surface area contributed by atoms with Crippen molar-refractivity contribution in [1.29, 1.82) is 0 Å². The van der Waals surface area contributed by atoms with Gasteiger partial charge >= 0.3 is 0 Å². The standard InChI is InChI=1S/C29H29FN4OS/c1-16-10-24(32-28-26(16)31-19(4)35-28)21-13-23(30)27-25(14-21)36-29(33-27)22-11-17(2)34(18(3)12-22)15-20-8-6-5-7-9-20/h5-10,13-14,17-18,22H,11-12,15H2,1-4H3. The van der Waals surface area contributed by atoms with E-state index >= 15 is 4.39 Å². The van der Waals surface area contributed by atoms with E-state index in [2.05, 4.69) is 59.0 Å². The molecule has 4 heterocycles. The van der Waals surface area contributed by atoms with E-state index in [9.17, 15) is 0 Å². The maximum Gasteiger partial charge on any atom is 0.247 e. The highest BCUT2D eigenvalue weighted by Gasteiger charge is 2.33. The van der Waals surface area contributed by atoms with Gasteiger partial charge < -0.3 is 4.42 Å². The van der Waals surface area contributed by atoms with Crippen molar-refractivity contribution in [2.45, 2.75) is 65.1 Å². The van der Waals surface area contributed by atoms with E-state index in [1.165, 1.54) is 11.6 Å². The van der Waals surface area contributed by atoms with Crippen LogP contribution in [-0.4, -0.2) is 31.9 Å². The van der Waals surface area contributed by atoms with E-state index in [0.29, 0.717) is 40.8 Å². The van der Waals surface area contributed by atoms with Crippen LogP contribution in [0.15, 0.2) is 52.9 Å². The largest absolute Gasteiger partial charge is 0.423 e. The Balaban J connectivity index is 1.29. The first kappa shape index (κ1) is 23.3. The van der Waals surface area contributed by atoms with Crippen molar-refractivity contribution in [3.63, 3.8) is 0 Å². The number of nitrogens with zero attached hydrogens (tertiary/aromatic N) is 4. The number of aromatic nitrogens is 3. The molecule has 1 aliphatic rings. The van der Waals surface area contributed by atoms with Crippen LogP contribution >= 0.6 is 11.3 Å². The lowest BCUT2D eigenvalue weighted by Crippen LogP contribution is -2.45. The molecule has 7 heteroatoms. The molecule has 5 aromatic rings. The Kier molecular flexibility index (Phi) is 5.85. The number of oxazole rings is 1. The molecule has 6 rings (SSSR count). The van der Waals surface area contributed by atoms with Crippen molar-refractivity contribution in [2.75, 3.05) is 0 Å². The third kappa shape index (κ3) is 4.20. The molecule has 0 saturated carbocycles. The van der Waals surface area contributed by atoms with Gasteiger partial charge in [0, 0.05) is 37.0 Å². The molecule has 1 fully saturated rings. The van der Waals surface area contributed by atoms with Crippen LogP contribution in [0.2, 0.25) is 0 Å². The molecule has 1 saturated heterocycles. The molecule has 0 N–H and O–H groups in total. The summed E-state index contributed by atoms with van der Waals surface area (Å²) in [5, 5.41) is 1.03. The lowest BCUT2D eigenvalue weighted by Gasteiger charge is -2.42. The zero-order valence-electron chi connectivity index (χ0n) is 21.0. The number of thiazole rings is 1. The van der Waals surface area contributed by atoms with Gasteiger partial charge in [-0.1, -0.05) is 30.3 Å². The van der Waals surface area contributed by atoms with Crippen LogP contribution in [0.1, 0.15) is 54.6 Å². The Hall–Kier alpha value is -3.16. The summed E-state index contributed by atoms with van der Waals surface area (Å²) in [4.78, 5) is 16.4. The topological polar surface area (TPSA) is 55.1 Å². The van der Waals surface area contributed by atoms with Crippen molar-refractivity contribution in [2.24, 2.45) is 0 Å². The third-order valence-corrected chi connectivity index (χ3v) is 8.53. The predicted octanol–water partition coefficient (Wildman–Crippen LogP) is 7.41. The summed E-state index contributed by atoms with van der Waals surface area (Å²) in [6.07, 6.45) is 2.04. The first-order valence-electron chi connectivity index (χ1n) is 12.5. The van der Waals surface area contributed by atoms with Crippen LogP contribution in [0.5, 0.6) is 0 Å². The Morgan fingerprint density at radius 3 is 2.47 bits per heavy atom. The van der Waals surface area contributed by atoms with E-state index in [1.807, 2.05) is 19.1 Å². The highest BCUT2D eigenvalue weighted by atomic mass is 32.1. The van der Waals surface area contributed by atoms with Crippen LogP contribution in [0.25, 0.3) is 32.7 Å². The maximum absolute atomic E-state index is 15.3. The molecule has 2 atom stereocenters. The van der Waals surface area contributed by atoms with Crippen molar-refractivity contribution in [3.8, 4) is 11.3 Å². The molecular formula is C29H29FN4OS. The van der Waals surface area contributed by atoms with E-state index in [1.54, 1.807) is 18.3 Å². The zero-order chi connectivity index (χ0) is 25.0. The van der Waals surface area contributed by atoms with E-state index < -0.39 is 0 Å². The van der Waals surface area contributed by atoms with E-state index in [4.69, 9.17) is 9.40 Å². The van der Waals surface area contributed by atoms with Gasteiger partial charge in [-0.2, -0.15) is 0 Å². The average molecular weight is 501 g/mol. The summed E-state index contributed by atoms with van der Waals surface area (Å²) < 4.78 is 21.8. The number of pyridine rings is 1. The smallest absolute Gasteiger partial charge is 0.247 e. The molecule has 2 unspecified atom stereocenters. The molecule has 0 spiro atoms. The fraction of sp³-hybridized carbons (Fsp3) is 0.345. The first-order valence-corrected chi connectivity index (χ1v) is 13.3. The molecule has 5 nitrogen and oxygen atoms in total. The van der Waals surface area contributed by atoms with E-state index in [-0.39, 0.29) is 5.82 Å². The number of hydrogen-bond acceptors (Lipinski definition) is 6. The first-order chi connectivity index (χ1) is 17.4. The minimum atomic E-state index is -0.305. The monoisotopic (exact) mass is 500 g/mol. The summed E-state index contributed by atoms with van der Waals surface area (Å²) in [7, 11) is 0. The van der Waals surface area contributed by atoms with Gasteiger partial charge in [-0.15, -0.1) is 11.3 Å². The molecule has 0 bridgehead atoms. The molecular weight excluding hydrogens is 471 g/mol. The summed E-state index contributed by atoms with van der Waals surface area (Å²) >= 11 is 1.61. The van der Waals surface area contributed by atoms with Gasteiger partial charge in [0.25, 0.3) is 0 Å². The number of piperidine rings is 1. The molecule has 1 aliphatic heterocycles. The lowest BCUT2D eigenvalue weighted by molar-refractivity contribution is 0.0829. The SMILES string of the molecule is Cc1nc2c(C)cc(-c3cc(F)c4nc(C5CC(C)N(Cc6ccccc6)C(C)C5)sc4c3)nc2o1. The summed E-state index contributed by atoms with van der Waals surface area (Å²) in [5.74, 6) is 0.599. The number of rotatable bonds is 4. The third-order valence-electron chi connectivity index (χ3n) is 7.37. The molecule has 0 amide bonds. The summed E-state index contributed by atoms with van der Waals surface area (Å²) in [5.41, 5.74) is 5.41. The number of fused-ring (bicyclic) bond motifs is 2. The second-order valence-corrected chi connectivity index (χ2v) is 11.2. The van der Waals surface area contributed by atoms with Crippen LogP contribution in [-0.2, 0) is 6.54 Å². The number of hydrogen-bond donors (Lipinski definition) is 0. The van der Waals surface area contributed by atoms with Gasteiger partial charge in [0.1, 0.15) is 11.0 Å². The van der Waals surface area contributed by atoms with Gasteiger partial charge in [-0.05, 0) is 62.9 Å². The summed E-state index contributed by atoms with van der Waals surface area (Å²) in [6.45, 7) is 9.33. The molecule has 36 heavy (non-hydrogen) atoms. The molecule has 3 aromatic heterocycles. The van der Waals surface area contributed by atoms with Crippen molar-refractivity contribution < 1.29 is 8.81 Å². The van der Waals surface area contributed by atoms with E-state index in [0.717, 1.165) is 45.7 Å². The quantitative estimate of drug-likeness (QED) is 0.257. The maximum atomic E-state index is 15.3. The molecule has 2 aromatic carbocycles. The van der Waals surface area contributed by atoms with Crippen LogP contribution in [0.3, 0.4) is 0 Å². The number of aryl methyl sites for hydroxylation is 2. The van der Waals surface area contributed by atoms with Crippen molar-refractivity contribution in [1.82, 2.24) is 19.9 Å². The van der Waals surface area contributed by atoms with Gasteiger partial charge in [0.05, 0.1) is 15.4 Å². The Bertz CT molecular complexity index is 1550. The fourth-order valence-electron chi connectivity index (χ4n) is 5.57. The Labute approximate surface area is 214 Å². The van der Waals surface area contributed by atoms with Gasteiger partial charge in [-0.3, -0.25) is 4.90 Å². The van der Waals surface area contributed by atoms with Crippen LogP contribution in [0.4, 0.5) is 4.39 Å². The van der Waals surface area contributed by atoms with Crippen molar-refractivity contribution >= 4 is 32.8 Å². The summed E-state index contributed by atoms with van der Waals surface area (Å²) in [6, 6.07) is 17.0. The highest BCUT2D eigenvalue weighted by molar-refractivity contribution is 7.18. The Morgan fingerprint density at radius 2 is 1.72 bits per heavy atom. The highest BCUT2D eigenvalue weighted by Crippen LogP contribution is 2.40. The van der Waals surface area contributed by atoms with Gasteiger partial charge in [-0.25, -0.2) is 19.3 Å². The minimum Gasteiger partial charge on any atom is -0.423 e. The fourth-order valence-corrected chi connectivity index (χ4v) is 6.72. The zero-order valence-corrected chi connectivity index (χ0v) is 21.8. The van der Waals surface area contributed by atoms with Gasteiger partial charge in [0.15, 0.2) is 11.7 Å². The predicted molar refractivity (Wildman–Crippen MR) is 143 cm³/mol. The van der Waals surface area contributed by atoms with Crippen LogP contribution < -0.4 is 0 Å². The number of likely N-dealkylation sites (tertiary alicyclic amines) is 1. The normalized spacial score (nSPS) is 21.0. The Morgan fingerprint density at radius 1 is 0.972 bits per heavy atom. The molecule has 0 radical (unpaired) electrons. The second-order valence-electron chi connectivity index (χ2n) is 10.1. The minimum absolute atomic E-state index is 0.305. The van der Waals surface area contributed by atoms with Gasteiger partial charge in [0.2, 0.25) is 5.71 Å². The second kappa shape index (κ2) is 9.05. The van der Waals surface area contributed by atoms with Crippen molar-refractivity contribution in [3.05, 3.63) is 76.4 Å². The lowest BCUT2D eigenvalue weighted by atomic mass is 9.87. The molecule has 184 valence electrons. The number of benzene rings is 2. The number of halogens is 1.